The first-order chi connectivity index (χ1) is 6.60. The minimum Gasteiger partial charge on any atom is -0.492 e. The average Bonchev–Trinajstić information content (AvgIpc) is 2.16. The Kier molecular flexibility index (Phi) is 3.05. The third-order valence-corrected chi connectivity index (χ3v) is 1.92. The zero-order valence-corrected chi connectivity index (χ0v) is 8.04. The molecule has 1 rings (SSSR count). The number of benzene rings is 1. The topological polar surface area (TPSA) is 59.0 Å². The molecule has 0 saturated heterocycles. The Bertz CT molecular complexity index is 382. The van der Waals surface area contributed by atoms with E-state index in [9.17, 15) is 4.39 Å². The minimum atomic E-state index is -0.557. The van der Waals surface area contributed by atoms with E-state index in [1.165, 1.54) is 19.2 Å². The summed E-state index contributed by atoms with van der Waals surface area (Å²) in [7, 11) is 1.32. The van der Waals surface area contributed by atoms with E-state index in [0.717, 1.165) is 0 Å². The molecule has 1 atom stereocenters. The van der Waals surface area contributed by atoms with Crippen molar-refractivity contribution in [3.8, 4) is 11.8 Å². The Balaban J connectivity index is 3.33. The predicted octanol–water partition coefficient (Wildman–Crippen LogP) is 1.73. The van der Waals surface area contributed by atoms with E-state index in [1.807, 2.05) is 6.07 Å². The molecule has 0 bridgehead atoms. The van der Waals surface area contributed by atoms with Crippen LogP contribution >= 0.6 is 0 Å². The van der Waals surface area contributed by atoms with Crippen molar-refractivity contribution in [2.75, 3.05) is 7.11 Å². The normalized spacial score (nSPS) is 11.9. The molecule has 0 aliphatic rings. The summed E-state index contributed by atoms with van der Waals surface area (Å²) in [5.41, 5.74) is 6.33. The van der Waals surface area contributed by atoms with Gasteiger partial charge < -0.3 is 10.5 Å². The summed E-state index contributed by atoms with van der Waals surface area (Å²) in [4.78, 5) is 0. The number of hydrogen-bond acceptors (Lipinski definition) is 3. The van der Waals surface area contributed by atoms with Gasteiger partial charge in [0.1, 0.15) is 6.07 Å². The van der Waals surface area contributed by atoms with Gasteiger partial charge in [0.25, 0.3) is 0 Å². The smallest absolute Gasteiger partial charge is 0.172 e. The number of nitrogens with two attached hydrogens (primary N) is 1. The van der Waals surface area contributed by atoms with Gasteiger partial charge in [-0.3, -0.25) is 0 Å². The molecule has 0 fully saturated rings. The second-order valence-corrected chi connectivity index (χ2v) is 2.98. The molecule has 14 heavy (non-hydrogen) atoms. The largest absolute Gasteiger partial charge is 0.492 e. The Morgan fingerprint density at radius 1 is 1.57 bits per heavy atom. The van der Waals surface area contributed by atoms with Crippen LogP contribution in [0.3, 0.4) is 0 Å². The maximum absolute atomic E-state index is 13.3. The Morgan fingerprint density at radius 2 is 2.21 bits per heavy atom. The van der Waals surface area contributed by atoms with Crippen LogP contribution in [-0.4, -0.2) is 7.11 Å². The van der Waals surface area contributed by atoms with Crippen molar-refractivity contribution in [2.24, 2.45) is 5.73 Å². The molecule has 1 aromatic rings. The number of rotatable bonds is 2. The zero-order chi connectivity index (χ0) is 10.7. The van der Waals surface area contributed by atoms with Gasteiger partial charge in [0.05, 0.1) is 12.7 Å². The number of nitriles is 1. The van der Waals surface area contributed by atoms with E-state index in [2.05, 4.69) is 0 Å². The van der Waals surface area contributed by atoms with Crippen molar-refractivity contribution < 1.29 is 9.13 Å². The van der Waals surface area contributed by atoms with Gasteiger partial charge in [0, 0.05) is 6.04 Å². The second-order valence-electron chi connectivity index (χ2n) is 2.98. The highest BCUT2D eigenvalue weighted by Crippen LogP contribution is 2.25. The fraction of sp³-hybridized carbons (Fsp3) is 0.300. The number of halogens is 1. The first-order valence-corrected chi connectivity index (χ1v) is 4.13. The van der Waals surface area contributed by atoms with E-state index in [1.54, 1.807) is 6.92 Å². The van der Waals surface area contributed by atoms with E-state index in [-0.39, 0.29) is 17.4 Å². The first-order valence-electron chi connectivity index (χ1n) is 4.13. The van der Waals surface area contributed by atoms with Gasteiger partial charge in [-0.1, -0.05) is 0 Å². The van der Waals surface area contributed by atoms with Crippen molar-refractivity contribution in [1.29, 1.82) is 5.26 Å². The van der Waals surface area contributed by atoms with Crippen LogP contribution in [0.2, 0.25) is 0 Å². The summed E-state index contributed by atoms with van der Waals surface area (Å²) >= 11 is 0. The molecular formula is C10H11FN2O. The lowest BCUT2D eigenvalue weighted by Gasteiger charge is -2.09. The molecule has 0 aliphatic heterocycles. The highest BCUT2D eigenvalue weighted by molar-refractivity contribution is 5.47. The van der Waals surface area contributed by atoms with Crippen LogP contribution in [-0.2, 0) is 0 Å². The maximum Gasteiger partial charge on any atom is 0.172 e. The van der Waals surface area contributed by atoms with Crippen LogP contribution in [0.25, 0.3) is 0 Å². The molecule has 2 N–H and O–H groups in total. The second kappa shape index (κ2) is 4.07. The van der Waals surface area contributed by atoms with Crippen LogP contribution in [0.4, 0.5) is 4.39 Å². The molecule has 0 radical (unpaired) electrons. The molecule has 0 amide bonds. The molecule has 1 unspecified atom stereocenters. The highest BCUT2D eigenvalue weighted by atomic mass is 19.1. The van der Waals surface area contributed by atoms with Gasteiger partial charge in [-0.15, -0.1) is 0 Å². The average molecular weight is 194 g/mol. The van der Waals surface area contributed by atoms with Gasteiger partial charge in [-0.25, -0.2) is 4.39 Å². The molecule has 0 aromatic heterocycles. The van der Waals surface area contributed by atoms with Crippen LogP contribution in [0.1, 0.15) is 24.1 Å². The summed E-state index contributed by atoms with van der Waals surface area (Å²) in [6.07, 6.45) is 0. The zero-order valence-electron chi connectivity index (χ0n) is 8.04. The van der Waals surface area contributed by atoms with Gasteiger partial charge in [-0.05, 0) is 24.6 Å². The molecule has 0 aliphatic carbocycles. The number of nitrogens with zero attached hydrogens (tertiary/aromatic N) is 1. The maximum atomic E-state index is 13.3. The molecule has 3 nitrogen and oxygen atoms in total. The van der Waals surface area contributed by atoms with Gasteiger partial charge in [0.2, 0.25) is 0 Å². The van der Waals surface area contributed by atoms with Crippen molar-refractivity contribution in [2.45, 2.75) is 13.0 Å². The molecule has 0 spiro atoms. The molecular weight excluding hydrogens is 183 g/mol. The highest BCUT2D eigenvalue weighted by Gasteiger charge is 2.12. The van der Waals surface area contributed by atoms with E-state index < -0.39 is 5.82 Å². The van der Waals surface area contributed by atoms with Crippen molar-refractivity contribution >= 4 is 0 Å². The first kappa shape index (κ1) is 10.5. The molecule has 4 heteroatoms. The van der Waals surface area contributed by atoms with Crippen LogP contribution in [0.15, 0.2) is 12.1 Å². The lowest BCUT2D eigenvalue weighted by molar-refractivity contribution is 0.384. The van der Waals surface area contributed by atoms with E-state index >= 15 is 0 Å². The lowest BCUT2D eigenvalue weighted by Crippen LogP contribution is -2.06. The minimum absolute atomic E-state index is 0.0306. The third-order valence-electron chi connectivity index (χ3n) is 1.92. The van der Waals surface area contributed by atoms with Crippen LogP contribution in [0, 0.1) is 17.1 Å². The quantitative estimate of drug-likeness (QED) is 0.779. The Hall–Kier alpha value is -1.60. The third kappa shape index (κ3) is 1.83. The van der Waals surface area contributed by atoms with Crippen LogP contribution in [0.5, 0.6) is 5.75 Å². The van der Waals surface area contributed by atoms with Crippen molar-refractivity contribution in [1.82, 2.24) is 0 Å². The number of methoxy groups -OCH3 is 1. The fourth-order valence-electron chi connectivity index (χ4n) is 1.17. The standard InChI is InChI=1S/C10H11FN2O/c1-6(13)7-3-8(5-12)10(14-2)9(11)4-7/h3-4,6H,13H2,1-2H3. The number of ether oxygens (including phenoxy) is 1. The van der Waals surface area contributed by atoms with Crippen molar-refractivity contribution in [3.05, 3.63) is 29.1 Å². The van der Waals surface area contributed by atoms with Gasteiger partial charge in [-0.2, -0.15) is 5.26 Å². The molecule has 74 valence electrons. The van der Waals surface area contributed by atoms with Crippen molar-refractivity contribution in [3.63, 3.8) is 0 Å². The summed E-state index contributed by atoms with van der Waals surface area (Å²) < 4.78 is 18.1. The van der Waals surface area contributed by atoms with Gasteiger partial charge in [0.15, 0.2) is 11.6 Å². The Labute approximate surface area is 81.9 Å². The summed E-state index contributed by atoms with van der Waals surface area (Å²) in [5.74, 6) is -0.587. The van der Waals surface area contributed by atoms with E-state index in [4.69, 9.17) is 15.7 Å². The molecule has 0 saturated carbocycles. The van der Waals surface area contributed by atoms with Gasteiger partial charge >= 0.3 is 0 Å². The Morgan fingerprint density at radius 3 is 2.64 bits per heavy atom. The fourth-order valence-corrected chi connectivity index (χ4v) is 1.17. The molecule has 1 aromatic carbocycles. The lowest BCUT2D eigenvalue weighted by atomic mass is 10.1. The summed E-state index contributed by atoms with van der Waals surface area (Å²) in [6.45, 7) is 1.72. The molecule has 0 heterocycles. The monoisotopic (exact) mass is 194 g/mol. The SMILES string of the molecule is COc1c(F)cc(C(C)N)cc1C#N. The van der Waals surface area contributed by atoms with E-state index in [0.29, 0.717) is 5.56 Å². The predicted molar refractivity (Wildman–Crippen MR) is 50.3 cm³/mol. The number of hydrogen-bond donors (Lipinski definition) is 1. The summed E-state index contributed by atoms with van der Waals surface area (Å²) in [6, 6.07) is 4.38. The van der Waals surface area contributed by atoms with Crippen LogP contribution < -0.4 is 10.5 Å². The summed E-state index contributed by atoms with van der Waals surface area (Å²) in [5, 5.41) is 8.74.